The summed E-state index contributed by atoms with van der Waals surface area (Å²) in [5, 5.41) is 21.6. The maximum Gasteiger partial charge on any atom is 0.243 e. The number of nitrogens with zero attached hydrogens (tertiary/aromatic N) is 3. The van der Waals surface area contributed by atoms with Crippen LogP contribution in [0.5, 0.6) is 0 Å². The van der Waals surface area contributed by atoms with Crippen LogP contribution in [0.15, 0.2) is 40.9 Å². The number of morpholine rings is 1. The summed E-state index contributed by atoms with van der Waals surface area (Å²) >= 11 is 1.16. The Kier molecular flexibility index (Phi) is 6.26. The van der Waals surface area contributed by atoms with Gasteiger partial charge in [0.2, 0.25) is 11.8 Å². The number of hydrogen-bond donors (Lipinski definition) is 1. The van der Waals surface area contributed by atoms with Crippen molar-refractivity contribution in [2.45, 2.75) is 19.1 Å². The van der Waals surface area contributed by atoms with Gasteiger partial charge in [0, 0.05) is 18.5 Å². The normalized spacial score (nSPS) is 22.3. The Balaban J connectivity index is 2.00. The molecule has 2 aliphatic rings. The highest BCUT2D eigenvalue weighted by Gasteiger charge is 2.45. The Labute approximate surface area is 174 Å². The van der Waals surface area contributed by atoms with Crippen LogP contribution in [0.4, 0.5) is 0 Å². The summed E-state index contributed by atoms with van der Waals surface area (Å²) in [4.78, 5) is 27.6. The van der Waals surface area contributed by atoms with Gasteiger partial charge < -0.3 is 15.0 Å². The van der Waals surface area contributed by atoms with E-state index >= 15 is 0 Å². The van der Waals surface area contributed by atoms with Gasteiger partial charge in [0.25, 0.3) is 0 Å². The van der Waals surface area contributed by atoms with Crippen molar-refractivity contribution >= 4 is 23.6 Å². The van der Waals surface area contributed by atoms with Gasteiger partial charge in [-0.3, -0.25) is 9.59 Å². The highest BCUT2D eigenvalue weighted by Crippen LogP contribution is 2.45. The maximum atomic E-state index is 13.3. The van der Waals surface area contributed by atoms with Crippen molar-refractivity contribution in [2.75, 3.05) is 26.3 Å². The van der Waals surface area contributed by atoms with E-state index in [1.807, 2.05) is 36.4 Å². The molecule has 29 heavy (non-hydrogen) atoms. The van der Waals surface area contributed by atoms with Crippen LogP contribution in [0, 0.1) is 34.0 Å². The van der Waals surface area contributed by atoms with Crippen LogP contribution in [0.3, 0.4) is 0 Å². The molecule has 0 aliphatic carbocycles. The fraction of sp³-hybridized carbons (Fsp3) is 0.429. The van der Waals surface area contributed by atoms with E-state index in [9.17, 15) is 20.1 Å². The summed E-state index contributed by atoms with van der Waals surface area (Å²) < 4.78 is 5.34. The summed E-state index contributed by atoms with van der Waals surface area (Å²) in [7, 11) is 0. The molecule has 2 atom stereocenters. The van der Waals surface area contributed by atoms with Crippen molar-refractivity contribution in [3.63, 3.8) is 0 Å². The summed E-state index contributed by atoms with van der Waals surface area (Å²) in [6.45, 7) is 5.39. The number of carbonyl (C=O) groups is 2. The molecule has 1 saturated heterocycles. The van der Waals surface area contributed by atoms with Crippen LogP contribution in [0.2, 0.25) is 0 Å². The summed E-state index contributed by atoms with van der Waals surface area (Å²) in [6, 6.07) is 13.4. The van der Waals surface area contributed by atoms with Crippen molar-refractivity contribution in [1.82, 2.24) is 10.2 Å². The lowest BCUT2D eigenvalue weighted by Crippen LogP contribution is -2.45. The number of nitrogens with one attached hydrogen (secondary N) is 1. The van der Waals surface area contributed by atoms with Gasteiger partial charge in [0.1, 0.15) is 11.2 Å². The quantitative estimate of drug-likeness (QED) is 0.817. The number of benzene rings is 1. The fourth-order valence-corrected chi connectivity index (χ4v) is 4.84. The summed E-state index contributed by atoms with van der Waals surface area (Å²) in [6.07, 6.45) is 0. The minimum Gasteiger partial charge on any atom is -0.378 e. The first kappa shape index (κ1) is 20.9. The summed E-state index contributed by atoms with van der Waals surface area (Å²) in [5.41, 5.74) is 0.148. The van der Waals surface area contributed by atoms with E-state index < -0.39 is 22.5 Å². The van der Waals surface area contributed by atoms with Crippen molar-refractivity contribution in [1.29, 1.82) is 10.5 Å². The molecule has 2 heterocycles. The summed E-state index contributed by atoms with van der Waals surface area (Å²) in [5.74, 6) is -1.51. The number of carbonyl (C=O) groups excluding carboxylic acids is 2. The number of hydrogen-bond acceptors (Lipinski definition) is 6. The van der Waals surface area contributed by atoms with Gasteiger partial charge in [-0.25, -0.2) is 0 Å². The van der Waals surface area contributed by atoms with Crippen LogP contribution in [-0.4, -0.2) is 43.0 Å². The van der Waals surface area contributed by atoms with Crippen LogP contribution in [0.25, 0.3) is 0 Å². The minimum atomic E-state index is -0.966. The third kappa shape index (κ3) is 4.14. The zero-order chi connectivity index (χ0) is 21.0. The number of thioether (sulfide) groups is 1. The number of nitriles is 2. The Morgan fingerprint density at radius 2 is 1.93 bits per heavy atom. The minimum absolute atomic E-state index is 0.0937. The zero-order valence-electron chi connectivity index (χ0n) is 16.3. The lowest BCUT2D eigenvalue weighted by molar-refractivity contribution is -0.134. The molecular formula is C21H22N4O3S. The average molecular weight is 410 g/mol. The SMILES string of the molecule is CC1(C)C(C#N)=C(S[C@@H](C(=O)N2CCOCC2)c2ccccc2)NC(=O)[C@H]1C#N. The molecule has 2 amide bonds. The predicted octanol–water partition coefficient (Wildman–Crippen LogP) is 2.35. The monoisotopic (exact) mass is 410 g/mol. The molecule has 1 aromatic carbocycles. The number of ether oxygens (including phenoxy) is 1. The van der Waals surface area contributed by atoms with Crippen LogP contribution in [-0.2, 0) is 14.3 Å². The molecule has 150 valence electrons. The second kappa shape index (κ2) is 8.69. The second-order valence-corrected chi connectivity index (χ2v) is 8.55. The number of rotatable bonds is 4. The Hall–Kier alpha value is -2.81. The van der Waals surface area contributed by atoms with E-state index in [1.54, 1.807) is 18.7 Å². The Morgan fingerprint density at radius 1 is 1.28 bits per heavy atom. The van der Waals surface area contributed by atoms with E-state index in [0.717, 1.165) is 17.3 Å². The molecule has 3 rings (SSSR count). The van der Waals surface area contributed by atoms with Gasteiger partial charge in [-0.1, -0.05) is 55.9 Å². The van der Waals surface area contributed by atoms with E-state index in [4.69, 9.17) is 4.74 Å². The van der Waals surface area contributed by atoms with Crippen molar-refractivity contribution < 1.29 is 14.3 Å². The molecule has 0 spiro atoms. The Morgan fingerprint density at radius 3 is 2.52 bits per heavy atom. The molecule has 1 N–H and O–H groups in total. The lowest BCUT2D eigenvalue weighted by atomic mass is 9.72. The first-order valence-electron chi connectivity index (χ1n) is 9.33. The average Bonchev–Trinajstić information content (AvgIpc) is 2.72. The van der Waals surface area contributed by atoms with Crippen LogP contribution < -0.4 is 5.32 Å². The molecule has 1 fully saturated rings. The highest BCUT2D eigenvalue weighted by molar-refractivity contribution is 8.03. The lowest BCUT2D eigenvalue weighted by Gasteiger charge is -2.36. The standard InChI is InChI=1S/C21H22N4O3S/c1-21(2)15(12-22)18(26)24-19(16(21)13-23)29-17(14-6-4-3-5-7-14)20(27)25-8-10-28-11-9-25/h3-7,15,17H,8-11H2,1-2H3,(H,24,26)/t15-,17-/m1/s1. The molecular weight excluding hydrogens is 388 g/mol. The van der Waals surface area contributed by atoms with Gasteiger partial charge in [0.05, 0.1) is 36.0 Å². The number of amides is 2. The molecule has 0 bridgehead atoms. The van der Waals surface area contributed by atoms with Gasteiger partial charge in [0.15, 0.2) is 0 Å². The predicted molar refractivity (Wildman–Crippen MR) is 108 cm³/mol. The third-order valence-electron chi connectivity index (χ3n) is 5.22. The van der Waals surface area contributed by atoms with Gasteiger partial charge in [-0.05, 0) is 5.56 Å². The third-order valence-corrected chi connectivity index (χ3v) is 6.47. The van der Waals surface area contributed by atoms with Crippen LogP contribution >= 0.6 is 11.8 Å². The first-order valence-corrected chi connectivity index (χ1v) is 10.2. The van der Waals surface area contributed by atoms with Crippen molar-refractivity contribution in [3.05, 3.63) is 46.5 Å². The van der Waals surface area contributed by atoms with Crippen molar-refractivity contribution in [2.24, 2.45) is 11.3 Å². The second-order valence-electron chi connectivity index (χ2n) is 7.44. The van der Waals surface area contributed by atoms with E-state index in [2.05, 4.69) is 11.4 Å². The largest absolute Gasteiger partial charge is 0.378 e. The number of allylic oxidation sites excluding steroid dienone is 1. The molecule has 8 heteroatoms. The van der Waals surface area contributed by atoms with Crippen molar-refractivity contribution in [3.8, 4) is 12.1 Å². The molecule has 0 unspecified atom stereocenters. The smallest absolute Gasteiger partial charge is 0.243 e. The van der Waals surface area contributed by atoms with Gasteiger partial charge in [-0.15, -0.1) is 0 Å². The molecule has 0 saturated carbocycles. The van der Waals surface area contributed by atoms with Gasteiger partial charge >= 0.3 is 0 Å². The maximum absolute atomic E-state index is 13.3. The zero-order valence-corrected chi connectivity index (χ0v) is 17.2. The molecule has 2 aliphatic heterocycles. The molecule has 1 aromatic rings. The van der Waals surface area contributed by atoms with Crippen LogP contribution in [0.1, 0.15) is 24.7 Å². The topological polar surface area (TPSA) is 106 Å². The fourth-order valence-electron chi connectivity index (χ4n) is 3.47. The van der Waals surface area contributed by atoms with E-state index in [-0.39, 0.29) is 5.91 Å². The highest BCUT2D eigenvalue weighted by atomic mass is 32.2. The first-order chi connectivity index (χ1) is 13.9. The Bertz CT molecular complexity index is 908. The van der Waals surface area contributed by atoms with E-state index in [1.165, 1.54) is 0 Å². The van der Waals surface area contributed by atoms with E-state index in [0.29, 0.717) is 36.9 Å². The molecule has 7 nitrogen and oxygen atoms in total. The molecule has 0 radical (unpaired) electrons. The molecule has 0 aromatic heterocycles. The van der Waals surface area contributed by atoms with Gasteiger partial charge in [-0.2, -0.15) is 10.5 Å².